The van der Waals surface area contributed by atoms with Crippen molar-refractivity contribution in [2.45, 2.75) is 25.6 Å². The molecule has 194 valence electrons. The van der Waals surface area contributed by atoms with E-state index >= 15 is 0 Å². The molecule has 0 unspecified atom stereocenters. The number of thiazole rings is 1. The van der Waals surface area contributed by atoms with Crippen LogP contribution in [0.2, 0.25) is 0 Å². The minimum Gasteiger partial charge on any atom is -0.492 e. The monoisotopic (exact) mass is 532 g/mol. The number of rotatable bonds is 7. The molecule has 0 aliphatic heterocycles. The minimum absolute atomic E-state index is 0.0940. The van der Waals surface area contributed by atoms with Crippen molar-refractivity contribution in [3.05, 3.63) is 69.7 Å². The SMILES string of the molecule is CN(CC(=O)O)c1nc(O)c(C(=Cc2ccc(C(C)(C)O)cc2C(F)(F)F)c2ccc3[nH]ncc3c2)s1. The van der Waals surface area contributed by atoms with Crippen LogP contribution in [0, 0.1) is 0 Å². The lowest BCUT2D eigenvalue weighted by Crippen LogP contribution is -2.24. The molecular weight excluding hydrogens is 509 g/mol. The summed E-state index contributed by atoms with van der Waals surface area (Å²) in [7, 11) is 1.48. The lowest BCUT2D eigenvalue weighted by atomic mass is 9.92. The van der Waals surface area contributed by atoms with Gasteiger partial charge in [0.25, 0.3) is 0 Å². The van der Waals surface area contributed by atoms with Crippen molar-refractivity contribution in [2.24, 2.45) is 0 Å². The largest absolute Gasteiger partial charge is 0.492 e. The van der Waals surface area contributed by atoms with Gasteiger partial charge < -0.3 is 20.2 Å². The fourth-order valence-electron chi connectivity index (χ4n) is 3.76. The van der Waals surface area contributed by atoms with Crippen LogP contribution in [0.4, 0.5) is 18.3 Å². The lowest BCUT2D eigenvalue weighted by Gasteiger charge is -2.21. The molecule has 2 aromatic carbocycles. The standard InChI is InChI=1S/C25H23F3N4O4S/c1-24(2,36)16-6-4-14(18(10-16)25(26,27)28)9-17(13-5-7-19-15(8-13)11-29-31-19)21-22(35)30-23(37-21)32(3)12-20(33)34/h4-11,35-36H,12H2,1-3H3,(H,29,31)(H,33,34). The topological polar surface area (TPSA) is 123 Å². The molecular formula is C25H23F3N4O4S. The minimum atomic E-state index is -4.73. The number of benzene rings is 2. The van der Waals surface area contributed by atoms with E-state index in [4.69, 9.17) is 5.11 Å². The number of carbonyl (C=O) groups is 1. The molecule has 0 saturated carbocycles. The van der Waals surface area contributed by atoms with E-state index in [1.165, 1.54) is 44.0 Å². The summed E-state index contributed by atoms with van der Waals surface area (Å²) in [6.45, 7) is 2.41. The number of aromatic hydroxyl groups is 1. The maximum atomic E-state index is 14.1. The Morgan fingerprint density at radius 3 is 2.57 bits per heavy atom. The first-order valence-electron chi connectivity index (χ1n) is 11.0. The van der Waals surface area contributed by atoms with Crippen molar-refractivity contribution in [1.82, 2.24) is 15.2 Å². The Kier molecular flexibility index (Phi) is 6.74. The fourth-order valence-corrected chi connectivity index (χ4v) is 4.72. The van der Waals surface area contributed by atoms with Crippen LogP contribution in [0.1, 0.15) is 41.0 Å². The maximum absolute atomic E-state index is 14.1. The average Bonchev–Trinajstić information content (AvgIpc) is 3.41. The maximum Gasteiger partial charge on any atom is 0.416 e. The molecule has 4 aromatic rings. The van der Waals surface area contributed by atoms with Crippen molar-refractivity contribution in [3.63, 3.8) is 0 Å². The lowest BCUT2D eigenvalue weighted by molar-refractivity contribution is -0.138. The van der Waals surface area contributed by atoms with E-state index in [1.54, 1.807) is 24.4 Å². The molecule has 0 radical (unpaired) electrons. The predicted octanol–water partition coefficient (Wildman–Crippen LogP) is 5.08. The zero-order valence-corrected chi connectivity index (χ0v) is 20.8. The Morgan fingerprint density at radius 2 is 1.92 bits per heavy atom. The summed E-state index contributed by atoms with van der Waals surface area (Å²) >= 11 is 0.948. The average molecular weight is 533 g/mol. The van der Waals surface area contributed by atoms with Gasteiger partial charge in [0.1, 0.15) is 11.4 Å². The van der Waals surface area contributed by atoms with Crippen LogP contribution in [0.5, 0.6) is 5.88 Å². The number of hydrogen-bond donors (Lipinski definition) is 4. The van der Waals surface area contributed by atoms with E-state index in [2.05, 4.69) is 15.2 Å². The second-order valence-corrected chi connectivity index (χ2v) is 9.97. The number of hydrogen-bond acceptors (Lipinski definition) is 7. The van der Waals surface area contributed by atoms with Crippen LogP contribution < -0.4 is 4.90 Å². The predicted molar refractivity (Wildman–Crippen MR) is 134 cm³/mol. The van der Waals surface area contributed by atoms with Gasteiger partial charge in [-0.05, 0) is 54.8 Å². The molecule has 0 bridgehead atoms. The van der Waals surface area contributed by atoms with Gasteiger partial charge in [-0.3, -0.25) is 9.89 Å². The van der Waals surface area contributed by atoms with E-state index in [1.807, 2.05) is 0 Å². The number of H-pyrrole nitrogens is 1. The van der Waals surface area contributed by atoms with Gasteiger partial charge in [-0.25, -0.2) is 0 Å². The number of aromatic nitrogens is 3. The molecule has 4 N–H and O–H groups in total. The highest BCUT2D eigenvalue weighted by molar-refractivity contribution is 7.17. The highest BCUT2D eigenvalue weighted by Gasteiger charge is 2.35. The Hall–Kier alpha value is -3.90. The van der Waals surface area contributed by atoms with Crippen LogP contribution in [-0.4, -0.2) is 50.1 Å². The molecule has 0 spiro atoms. The summed E-state index contributed by atoms with van der Waals surface area (Å²) in [5.74, 6) is -1.56. The number of aromatic amines is 1. The number of fused-ring (bicyclic) bond motifs is 1. The molecule has 0 fully saturated rings. The smallest absolute Gasteiger partial charge is 0.416 e. The molecule has 37 heavy (non-hydrogen) atoms. The number of alkyl halides is 3. The Morgan fingerprint density at radius 1 is 1.19 bits per heavy atom. The molecule has 0 amide bonds. The molecule has 8 nitrogen and oxygen atoms in total. The first-order valence-corrected chi connectivity index (χ1v) is 11.8. The number of nitrogens with one attached hydrogen (secondary N) is 1. The Bertz CT molecular complexity index is 1500. The number of aliphatic hydroxyl groups is 1. The zero-order chi connectivity index (χ0) is 27.1. The third-order valence-electron chi connectivity index (χ3n) is 5.66. The van der Waals surface area contributed by atoms with E-state index < -0.39 is 29.2 Å². The van der Waals surface area contributed by atoms with Gasteiger partial charge in [0, 0.05) is 18.0 Å². The third-order valence-corrected chi connectivity index (χ3v) is 6.85. The number of aliphatic carboxylic acids is 1. The van der Waals surface area contributed by atoms with Crippen LogP contribution in [0.15, 0.2) is 42.6 Å². The van der Waals surface area contributed by atoms with Crippen molar-refractivity contribution >= 4 is 45.0 Å². The first kappa shape index (κ1) is 26.2. The summed E-state index contributed by atoms with van der Waals surface area (Å²) in [6.07, 6.45) is -1.87. The molecule has 2 heterocycles. The van der Waals surface area contributed by atoms with Gasteiger partial charge in [-0.1, -0.05) is 29.5 Å². The molecule has 4 rings (SSSR count). The summed E-state index contributed by atoms with van der Waals surface area (Å²) in [4.78, 5) is 16.6. The van der Waals surface area contributed by atoms with E-state index in [9.17, 15) is 28.2 Å². The summed E-state index contributed by atoms with van der Waals surface area (Å²) < 4.78 is 42.3. The molecule has 0 aliphatic rings. The highest BCUT2D eigenvalue weighted by Crippen LogP contribution is 2.42. The molecule has 0 atom stereocenters. The quantitative estimate of drug-likeness (QED) is 0.245. The van der Waals surface area contributed by atoms with Gasteiger partial charge >= 0.3 is 12.1 Å². The number of carboxylic acid groups (broad SMARTS) is 1. The van der Waals surface area contributed by atoms with Gasteiger partial charge in [-0.15, -0.1) is 0 Å². The summed E-state index contributed by atoms with van der Waals surface area (Å²) in [5.41, 5.74) is -1.09. The second-order valence-electron chi connectivity index (χ2n) is 8.99. The number of anilines is 1. The van der Waals surface area contributed by atoms with Crippen molar-refractivity contribution in [1.29, 1.82) is 0 Å². The summed E-state index contributed by atoms with van der Waals surface area (Å²) in [5, 5.41) is 37.7. The van der Waals surface area contributed by atoms with Gasteiger partial charge in [0.2, 0.25) is 5.88 Å². The van der Waals surface area contributed by atoms with Gasteiger partial charge in [-0.2, -0.15) is 23.3 Å². The van der Waals surface area contributed by atoms with E-state index in [-0.39, 0.29) is 33.3 Å². The zero-order valence-electron chi connectivity index (χ0n) is 20.0. The van der Waals surface area contributed by atoms with E-state index in [0.29, 0.717) is 16.5 Å². The molecule has 0 aliphatic carbocycles. The van der Waals surface area contributed by atoms with Crippen molar-refractivity contribution in [3.8, 4) is 5.88 Å². The van der Waals surface area contributed by atoms with Crippen LogP contribution in [-0.2, 0) is 16.6 Å². The van der Waals surface area contributed by atoms with Crippen LogP contribution in [0.25, 0.3) is 22.6 Å². The Balaban J connectivity index is 1.95. The first-order chi connectivity index (χ1) is 17.2. The van der Waals surface area contributed by atoms with Gasteiger partial charge in [0.15, 0.2) is 5.13 Å². The van der Waals surface area contributed by atoms with Crippen molar-refractivity contribution < 1.29 is 33.3 Å². The molecule has 0 saturated heterocycles. The number of nitrogens with zero attached hydrogens (tertiary/aromatic N) is 3. The number of halogens is 3. The Labute approximate surface area is 213 Å². The fraction of sp³-hybridized carbons (Fsp3) is 0.240. The molecule has 12 heteroatoms. The van der Waals surface area contributed by atoms with Crippen LogP contribution in [0.3, 0.4) is 0 Å². The van der Waals surface area contributed by atoms with Crippen molar-refractivity contribution in [2.75, 3.05) is 18.5 Å². The molecule has 2 aromatic heterocycles. The third kappa shape index (κ3) is 5.59. The van der Waals surface area contributed by atoms with E-state index in [0.717, 1.165) is 17.4 Å². The normalized spacial score (nSPS) is 12.8. The number of likely N-dealkylation sites (N-methyl/N-ethyl adjacent to an activating group) is 1. The van der Waals surface area contributed by atoms with Crippen LogP contribution >= 0.6 is 11.3 Å². The van der Waals surface area contributed by atoms with Gasteiger partial charge in [0.05, 0.1) is 22.9 Å². The second kappa shape index (κ2) is 9.52. The highest BCUT2D eigenvalue weighted by atomic mass is 32.1. The summed E-state index contributed by atoms with van der Waals surface area (Å²) in [6, 6.07) is 8.68. The number of carboxylic acids is 1.